The van der Waals surface area contributed by atoms with Crippen molar-refractivity contribution in [1.29, 1.82) is 0 Å². The monoisotopic (exact) mass is 319 g/mol. The Kier molecular flexibility index (Phi) is 4.46. The maximum absolute atomic E-state index is 11.9. The first-order valence-electron chi connectivity index (χ1n) is 4.87. The summed E-state index contributed by atoms with van der Waals surface area (Å²) in [6.07, 6.45) is -5.65. The molecule has 1 amide bonds. The van der Waals surface area contributed by atoms with Gasteiger partial charge in [-0.1, -0.05) is 0 Å². The lowest BCUT2D eigenvalue weighted by Crippen LogP contribution is -2.29. The average molecular weight is 320 g/mol. The van der Waals surface area contributed by atoms with Gasteiger partial charge < -0.3 is 5.32 Å². The molecule has 1 rings (SSSR count). The molecule has 0 spiro atoms. The Morgan fingerprint density at radius 3 is 2.53 bits per heavy atom. The fourth-order valence-corrected chi connectivity index (χ4v) is 2.62. The topological polar surface area (TPSA) is 91.9 Å². The number of carbonyl (C=O) groups is 1. The number of hydrogen-bond donors (Lipinski definition) is 2. The summed E-state index contributed by atoms with van der Waals surface area (Å²) in [5.74, 6) is -1.05. The van der Waals surface area contributed by atoms with Crippen LogP contribution in [-0.4, -0.2) is 37.2 Å². The summed E-state index contributed by atoms with van der Waals surface area (Å²) in [6.45, 7) is 0.630. The highest BCUT2D eigenvalue weighted by Crippen LogP contribution is 2.22. The first-order chi connectivity index (χ1) is 8.52. The molecule has 1 aromatic heterocycles. The zero-order valence-electron chi connectivity index (χ0n) is 9.51. The molecule has 0 fully saturated rings. The number of hydrogen-bond acceptors (Lipinski definition) is 4. The molecule has 0 saturated heterocycles. The van der Waals surface area contributed by atoms with Crippen molar-refractivity contribution in [3.63, 3.8) is 0 Å². The SMILES string of the molecule is Cc1[nH]nc(C(=O)NCCC(F)(F)F)c1S(=O)(=O)Cl. The fraction of sp³-hybridized carbons (Fsp3) is 0.500. The van der Waals surface area contributed by atoms with Gasteiger partial charge in [0.25, 0.3) is 15.0 Å². The first kappa shape index (κ1) is 15.8. The number of H-pyrrole nitrogens is 1. The number of halogens is 4. The number of amides is 1. The number of nitrogens with zero attached hydrogens (tertiary/aromatic N) is 1. The third-order valence-corrected chi connectivity index (χ3v) is 3.49. The van der Waals surface area contributed by atoms with E-state index in [4.69, 9.17) is 10.7 Å². The van der Waals surface area contributed by atoms with Gasteiger partial charge in [-0.3, -0.25) is 9.89 Å². The second-order valence-corrected chi connectivity index (χ2v) is 6.09. The van der Waals surface area contributed by atoms with E-state index >= 15 is 0 Å². The molecule has 2 N–H and O–H groups in total. The summed E-state index contributed by atoms with van der Waals surface area (Å²) in [5, 5.41) is 7.57. The lowest BCUT2D eigenvalue weighted by atomic mass is 10.3. The van der Waals surface area contributed by atoms with Crippen molar-refractivity contribution < 1.29 is 26.4 Å². The van der Waals surface area contributed by atoms with E-state index in [1.165, 1.54) is 6.92 Å². The molecule has 1 heterocycles. The minimum atomic E-state index is -4.42. The normalized spacial score (nSPS) is 12.5. The number of rotatable bonds is 4. The predicted molar refractivity (Wildman–Crippen MR) is 59.4 cm³/mol. The highest BCUT2D eigenvalue weighted by Gasteiger charge is 2.29. The fourth-order valence-electron chi connectivity index (χ4n) is 1.27. The van der Waals surface area contributed by atoms with Crippen molar-refractivity contribution >= 4 is 25.6 Å². The smallest absolute Gasteiger partial charge is 0.350 e. The summed E-state index contributed by atoms with van der Waals surface area (Å²) in [7, 11) is 0.889. The maximum Gasteiger partial charge on any atom is 0.390 e. The van der Waals surface area contributed by atoms with Gasteiger partial charge in [-0.25, -0.2) is 8.42 Å². The zero-order chi connectivity index (χ0) is 14.8. The van der Waals surface area contributed by atoms with Crippen LogP contribution in [0.1, 0.15) is 22.6 Å². The van der Waals surface area contributed by atoms with E-state index in [1.54, 1.807) is 0 Å². The van der Waals surface area contributed by atoms with Crippen molar-refractivity contribution in [1.82, 2.24) is 15.5 Å². The molecule has 19 heavy (non-hydrogen) atoms. The van der Waals surface area contributed by atoms with Crippen molar-refractivity contribution in [2.75, 3.05) is 6.54 Å². The maximum atomic E-state index is 11.9. The van der Waals surface area contributed by atoms with Crippen molar-refractivity contribution in [3.8, 4) is 0 Å². The number of nitrogens with one attached hydrogen (secondary N) is 2. The molecule has 0 aliphatic rings. The number of aromatic amines is 1. The van der Waals surface area contributed by atoms with Gasteiger partial charge in [0.05, 0.1) is 12.1 Å². The Morgan fingerprint density at radius 2 is 2.05 bits per heavy atom. The molecule has 0 aliphatic heterocycles. The minimum absolute atomic E-state index is 0.0240. The lowest BCUT2D eigenvalue weighted by Gasteiger charge is -2.07. The van der Waals surface area contributed by atoms with Crippen LogP contribution in [0.3, 0.4) is 0 Å². The van der Waals surface area contributed by atoms with E-state index in [1.807, 2.05) is 5.32 Å². The van der Waals surface area contributed by atoms with E-state index in [2.05, 4.69) is 10.2 Å². The lowest BCUT2D eigenvalue weighted by molar-refractivity contribution is -0.133. The van der Waals surface area contributed by atoms with Gasteiger partial charge in [-0.05, 0) is 6.92 Å². The van der Waals surface area contributed by atoms with Crippen LogP contribution in [0, 0.1) is 6.92 Å². The van der Waals surface area contributed by atoms with Crippen molar-refractivity contribution in [3.05, 3.63) is 11.4 Å². The van der Waals surface area contributed by atoms with Crippen LogP contribution in [-0.2, 0) is 9.05 Å². The summed E-state index contributed by atoms with van der Waals surface area (Å²) in [6, 6.07) is 0. The molecule has 0 atom stereocenters. The molecule has 0 unspecified atom stereocenters. The van der Waals surface area contributed by atoms with Crippen LogP contribution >= 0.6 is 10.7 Å². The van der Waals surface area contributed by atoms with Crippen LogP contribution in [0.5, 0.6) is 0 Å². The van der Waals surface area contributed by atoms with Crippen LogP contribution < -0.4 is 5.32 Å². The van der Waals surface area contributed by atoms with E-state index in [0.717, 1.165) is 0 Å². The number of alkyl halides is 3. The van der Waals surface area contributed by atoms with E-state index in [9.17, 15) is 26.4 Å². The van der Waals surface area contributed by atoms with Gasteiger partial charge in [-0.2, -0.15) is 18.3 Å². The van der Waals surface area contributed by atoms with Crippen molar-refractivity contribution in [2.45, 2.75) is 24.4 Å². The van der Waals surface area contributed by atoms with Gasteiger partial charge in [0, 0.05) is 17.2 Å². The summed E-state index contributed by atoms with van der Waals surface area (Å²) in [5.41, 5.74) is -0.536. The number of aryl methyl sites for hydroxylation is 1. The third-order valence-electron chi connectivity index (χ3n) is 2.04. The van der Waals surface area contributed by atoms with Gasteiger partial charge in [0.1, 0.15) is 4.90 Å². The molecular weight excluding hydrogens is 311 g/mol. The Labute approximate surface area is 110 Å². The molecule has 0 bridgehead atoms. The quantitative estimate of drug-likeness (QED) is 0.819. The van der Waals surface area contributed by atoms with E-state index < -0.39 is 44.7 Å². The average Bonchev–Trinajstić information content (AvgIpc) is 2.57. The van der Waals surface area contributed by atoms with Crippen LogP contribution in [0.4, 0.5) is 13.2 Å². The largest absolute Gasteiger partial charge is 0.390 e. The molecule has 1 aromatic rings. The first-order valence-corrected chi connectivity index (χ1v) is 7.18. The highest BCUT2D eigenvalue weighted by atomic mass is 35.7. The Hall–Kier alpha value is -1.29. The van der Waals surface area contributed by atoms with E-state index in [0.29, 0.717) is 0 Å². The second kappa shape index (κ2) is 5.37. The summed E-state index contributed by atoms with van der Waals surface area (Å²) in [4.78, 5) is 11.0. The molecular formula is C8H9ClF3N3O3S. The summed E-state index contributed by atoms with van der Waals surface area (Å²) < 4.78 is 58.1. The zero-order valence-corrected chi connectivity index (χ0v) is 11.1. The predicted octanol–water partition coefficient (Wildman–Crippen LogP) is 1.33. The highest BCUT2D eigenvalue weighted by molar-refractivity contribution is 8.13. The van der Waals surface area contributed by atoms with Gasteiger partial charge in [0.2, 0.25) is 0 Å². The molecule has 0 saturated carbocycles. The van der Waals surface area contributed by atoms with Gasteiger partial charge in [-0.15, -0.1) is 0 Å². The molecule has 0 aromatic carbocycles. The number of carbonyl (C=O) groups excluding carboxylic acids is 1. The molecule has 0 aliphatic carbocycles. The molecule has 11 heteroatoms. The Balaban J connectivity index is 2.85. The van der Waals surface area contributed by atoms with Gasteiger partial charge in [0.15, 0.2) is 5.69 Å². The molecule has 108 valence electrons. The van der Waals surface area contributed by atoms with Crippen LogP contribution in [0.15, 0.2) is 4.90 Å². The minimum Gasteiger partial charge on any atom is -0.350 e. The van der Waals surface area contributed by atoms with E-state index in [-0.39, 0.29) is 5.69 Å². The second-order valence-electron chi connectivity index (χ2n) is 3.59. The molecule has 6 nitrogen and oxygen atoms in total. The summed E-state index contributed by atoms with van der Waals surface area (Å²) >= 11 is 0. The Bertz CT molecular complexity index is 582. The van der Waals surface area contributed by atoms with Gasteiger partial charge >= 0.3 is 6.18 Å². The third kappa shape index (κ3) is 4.39. The van der Waals surface area contributed by atoms with Crippen LogP contribution in [0.25, 0.3) is 0 Å². The van der Waals surface area contributed by atoms with Crippen molar-refractivity contribution in [2.24, 2.45) is 0 Å². The van der Waals surface area contributed by atoms with Crippen LogP contribution in [0.2, 0.25) is 0 Å². The Morgan fingerprint density at radius 1 is 1.47 bits per heavy atom. The number of aromatic nitrogens is 2. The molecule has 0 radical (unpaired) electrons. The standard InChI is InChI=1S/C8H9ClF3N3O3S/c1-4-6(19(9,17)18)5(15-14-4)7(16)13-3-2-8(10,11)12/h2-3H2,1H3,(H,13,16)(H,14,15).